The highest BCUT2D eigenvalue weighted by molar-refractivity contribution is 5.81. The van der Waals surface area contributed by atoms with Crippen molar-refractivity contribution in [2.24, 2.45) is 0 Å². The van der Waals surface area contributed by atoms with E-state index in [1.54, 1.807) is 0 Å². The Hall–Kier alpha value is -0.530. The van der Waals surface area contributed by atoms with Gasteiger partial charge in [0.05, 0.1) is 5.84 Å². The first-order chi connectivity index (χ1) is 4.25. The number of amidine groups is 1. The topological polar surface area (TPSA) is 27.1 Å². The van der Waals surface area contributed by atoms with Crippen LogP contribution in [0.25, 0.3) is 0 Å². The monoisotopic (exact) mass is 126 g/mol. The fourth-order valence-corrected chi connectivity index (χ4v) is 1.37. The molecule has 9 heavy (non-hydrogen) atoms. The van der Waals surface area contributed by atoms with Gasteiger partial charge >= 0.3 is 0 Å². The summed E-state index contributed by atoms with van der Waals surface area (Å²) >= 11 is 0. The molecule has 0 spiro atoms. The van der Waals surface area contributed by atoms with Crippen LogP contribution >= 0.6 is 0 Å². The van der Waals surface area contributed by atoms with E-state index in [0.29, 0.717) is 6.04 Å². The van der Waals surface area contributed by atoms with Crippen molar-refractivity contribution < 1.29 is 0 Å². The van der Waals surface area contributed by atoms with E-state index in [1.165, 1.54) is 12.8 Å². The Labute approximate surface area is 56.4 Å². The van der Waals surface area contributed by atoms with Gasteiger partial charge in [0.2, 0.25) is 0 Å². The first-order valence-electron chi connectivity index (χ1n) is 3.56. The van der Waals surface area contributed by atoms with Gasteiger partial charge in [-0.3, -0.25) is 5.41 Å². The summed E-state index contributed by atoms with van der Waals surface area (Å²) in [6, 6.07) is 0.650. The van der Waals surface area contributed by atoms with Gasteiger partial charge in [0, 0.05) is 19.5 Å². The average Bonchev–Trinajstić information content (AvgIpc) is 2.15. The third-order valence-electron chi connectivity index (χ3n) is 2.16. The molecule has 1 fully saturated rings. The molecule has 0 bridgehead atoms. The molecular formula is C7H14N2. The first-order valence-corrected chi connectivity index (χ1v) is 3.56. The summed E-state index contributed by atoms with van der Waals surface area (Å²) in [7, 11) is 2.02. The predicted octanol–water partition coefficient (Wildman–Crippen LogP) is 1.47. The third kappa shape index (κ3) is 1.07. The standard InChI is InChI=1S/C7H14N2/c1-3-6-4-5-7(8)9(6)2/h6,8H,3-5H2,1-2H3. The van der Waals surface area contributed by atoms with Gasteiger partial charge in [0.25, 0.3) is 0 Å². The molecule has 0 aromatic heterocycles. The van der Waals surface area contributed by atoms with Crippen molar-refractivity contribution >= 4 is 5.84 Å². The van der Waals surface area contributed by atoms with Gasteiger partial charge in [-0.25, -0.2) is 0 Å². The number of nitrogens with one attached hydrogen (secondary N) is 1. The van der Waals surface area contributed by atoms with Crippen LogP contribution in [0.4, 0.5) is 0 Å². The minimum absolute atomic E-state index is 0.650. The number of hydrogen-bond donors (Lipinski definition) is 1. The number of rotatable bonds is 1. The Bertz CT molecular complexity index is 120. The summed E-state index contributed by atoms with van der Waals surface area (Å²) < 4.78 is 0. The Morgan fingerprint density at radius 2 is 2.44 bits per heavy atom. The quantitative estimate of drug-likeness (QED) is 0.566. The Kier molecular flexibility index (Phi) is 1.74. The lowest BCUT2D eigenvalue weighted by Gasteiger charge is -2.18. The van der Waals surface area contributed by atoms with E-state index in [4.69, 9.17) is 5.41 Å². The number of hydrogen-bond acceptors (Lipinski definition) is 1. The van der Waals surface area contributed by atoms with Crippen LogP contribution in [0.2, 0.25) is 0 Å². The molecule has 1 rings (SSSR count). The molecule has 1 N–H and O–H groups in total. The Morgan fingerprint density at radius 3 is 2.67 bits per heavy atom. The molecule has 0 aliphatic carbocycles. The minimum atomic E-state index is 0.650. The highest BCUT2D eigenvalue weighted by atomic mass is 15.2. The molecule has 0 amide bonds. The maximum atomic E-state index is 7.41. The second-order valence-corrected chi connectivity index (χ2v) is 2.66. The lowest BCUT2D eigenvalue weighted by molar-refractivity contribution is 0.383. The molecular weight excluding hydrogens is 112 g/mol. The molecule has 0 saturated carbocycles. The van der Waals surface area contributed by atoms with Gasteiger partial charge in [-0.2, -0.15) is 0 Å². The molecule has 52 valence electrons. The van der Waals surface area contributed by atoms with Crippen molar-refractivity contribution in [1.29, 1.82) is 5.41 Å². The fraction of sp³-hybridized carbons (Fsp3) is 0.857. The van der Waals surface area contributed by atoms with Gasteiger partial charge in [-0.15, -0.1) is 0 Å². The molecule has 1 atom stereocenters. The third-order valence-corrected chi connectivity index (χ3v) is 2.16. The lowest BCUT2D eigenvalue weighted by atomic mass is 10.2. The second-order valence-electron chi connectivity index (χ2n) is 2.66. The summed E-state index contributed by atoms with van der Waals surface area (Å²) in [4.78, 5) is 2.08. The normalized spacial score (nSPS) is 27.6. The summed E-state index contributed by atoms with van der Waals surface area (Å²) in [6.45, 7) is 2.18. The largest absolute Gasteiger partial charge is 0.361 e. The summed E-state index contributed by atoms with van der Waals surface area (Å²) in [5.74, 6) is 0.807. The number of likely N-dealkylation sites (tertiary alicyclic amines) is 1. The van der Waals surface area contributed by atoms with Crippen LogP contribution in [0, 0.1) is 5.41 Å². The van der Waals surface area contributed by atoms with Gasteiger partial charge in [-0.05, 0) is 12.8 Å². The molecule has 1 unspecified atom stereocenters. The zero-order chi connectivity index (χ0) is 6.85. The van der Waals surface area contributed by atoms with Gasteiger partial charge in [0.15, 0.2) is 0 Å². The van der Waals surface area contributed by atoms with Crippen molar-refractivity contribution in [2.75, 3.05) is 7.05 Å². The van der Waals surface area contributed by atoms with Crippen LogP contribution in [-0.2, 0) is 0 Å². The fourth-order valence-electron chi connectivity index (χ4n) is 1.37. The van der Waals surface area contributed by atoms with Crippen LogP contribution in [0.3, 0.4) is 0 Å². The zero-order valence-corrected chi connectivity index (χ0v) is 6.15. The minimum Gasteiger partial charge on any atom is -0.361 e. The van der Waals surface area contributed by atoms with E-state index in [9.17, 15) is 0 Å². The predicted molar refractivity (Wildman–Crippen MR) is 38.8 cm³/mol. The Morgan fingerprint density at radius 1 is 1.78 bits per heavy atom. The Balaban J connectivity index is 2.51. The molecule has 0 aromatic carbocycles. The smallest absolute Gasteiger partial charge is 0.0958 e. The summed E-state index contributed by atoms with van der Waals surface area (Å²) in [5.41, 5.74) is 0. The molecule has 1 saturated heterocycles. The molecule has 2 heteroatoms. The van der Waals surface area contributed by atoms with E-state index in [-0.39, 0.29) is 0 Å². The first kappa shape index (κ1) is 6.59. The zero-order valence-electron chi connectivity index (χ0n) is 6.15. The molecule has 0 radical (unpaired) electrons. The highest BCUT2D eigenvalue weighted by Gasteiger charge is 2.22. The molecule has 1 aliphatic rings. The van der Waals surface area contributed by atoms with Crippen molar-refractivity contribution in [2.45, 2.75) is 32.2 Å². The molecule has 0 aromatic rings. The van der Waals surface area contributed by atoms with Gasteiger partial charge in [0.1, 0.15) is 0 Å². The second kappa shape index (κ2) is 2.38. The summed E-state index contributed by atoms with van der Waals surface area (Å²) in [5, 5.41) is 7.41. The van der Waals surface area contributed by atoms with Crippen LogP contribution in [-0.4, -0.2) is 23.8 Å². The van der Waals surface area contributed by atoms with Crippen molar-refractivity contribution in [1.82, 2.24) is 4.90 Å². The van der Waals surface area contributed by atoms with E-state index in [2.05, 4.69) is 11.8 Å². The van der Waals surface area contributed by atoms with Crippen LogP contribution in [0.5, 0.6) is 0 Å². The van der Waals surface area contributed by atoms with Crippen LogP contribution < -0.4 is 0 Å². The lowest BCUT2D eigenvalue weighted by Crippen LogP contribution is -2.27. The maximum absolute atomic E-state index is 7.41. The van der Waals surface area contributed by atoms with Crippen molar-refractivity contribution in [3.63, 3.8) is 0 Å². The van der Waals surface area contributed by atoms with Crippen molar-refractivity contribution in [3.8, 4) is 0 Å². The summed E-state index contributed by atoms with van der Waals surface area (Å²) in [6.07, 6.45) is 3.35. The SMILES string of the molecule is CCC1CCC(=N)N1C. The number of nitrogens with zero attached hydrogens (tertiary/aromatic N) is 1. The van der Waals surface area contributed by atoms with Gasteiger partial charge < -0.3 is 4.90 Å². The van der Waals surface area contributed by atoms with Crippen LogP contribution in [0.15, 0.2) is 0 Å². The highest BCUT2D eigenvalue weighted by Crippen LogP contribution is 2.18. The van der Waals surface area contributed by atoms with E-state index < -0.39 is 0 Å². The molecule has 1 aliphatic heterocycles. The van der Waals surface area contributed by atoms with Gasteiger partial charge in [-0.1, -0.05) is 6.92 Å². The van der Waals surface area contributed by atoms with E-state index in [0.717, 1.165) is 12.3 Å². The maximum Gasteiger partial charge on any atom is 0.0958 e. The van der Waals surface area contributed by atoms with E-state index in [1.807, 2.05) is 7.05 Å². The van der Waals surface area contributed by atoms with Crippen LogP contribution in [0.1, 0.15) is 26.2 Å². The average molecular weight is 126 g/mol. The molecule has 1 heterocycles. The van der Waals surface area contributed by atoms with E-state index >= 15 is 0 Å². The van der Waals surface area contributed by atoms with Crippen molar-refractivity contribution in [3.05, 3.63) is 0 Å². The molecule has 2 nitrogen and oxygen atoms in total.